The minimum atomic E-state index is -0.177. The summed E-state index contributed by atoms with van der Waals surface area (Å²) >= 11 is 6.04. The maximum atomic E-state index is 8.67. The van der Waals surface area contributed by atoms with Gasteiger partial charge in [0.05, 0.1) is 17.9 Å². The zero-order chi connectivity index (χ0) is 18.2. The number of hydrogen-bond acceptors (Lipinski definition) is 4. The van der Waals surface area contributed by atoms with Crippen LogP contribution < -0.4 is 0 Å². The summed E-state index contributed by atoms with van der Waals surface area (Å²) < 4.78 is 6.49. The van der Waals surface area contributed by atoms with Gasteiger partial charge in [-0.1, -0.05) is 29.8 Å². The first-order valence-electron chi connectivity index (χ1n) is 9.17. The number of hydrogen-bond donors (Lipinski definition) is 0. The Bertz CT molecular complexity index is 706. The zero-order valence-corrected chi connectivity index (χ0v) is 15.6. The number of benzene rings is 1. The second-order valence-electron chi connectivity index (χ2n) is 6.62. The second kappa shape index (κ2) is 9.68. The van der Waals surface area contributed by atoms with Crippen LogP contribution in [-0.2, 0) is 4.74 Å². The third-order valence-corrected chi connectivity index (χ3v) is 5.01. The first-order valence-corrected chi connectivity index (χ1v) is 9.55. The molecule has 1 aliphatic heterocycles. The molecule has 0 saturated carbocycles. The number of likely N-dealkylation sites (tertiary alicyclic amines) is 1. The lowest BCUT2D eigenvalue weighted by molar-refractivity contribution is -0.0285. The van der Waals surface area contributed by atoms with Gasteiger partial charge in [0.1, 0.15) is 6.10 Å². The summed E-state index contributed by atoms with van der Waals surface area (Å²) in [7, 11) is 0. The number of aromatic nitrogens is 1. The van der Waals surface area contributed by atoms with E-state index in [-0.39, 0.29) is 12.2 Å². The van der Waals surface area contributed by atoms with E-state index in [2.05, 4.69) is 16.0 Å². The molecule has 1 aromatic carbocycles. The van der Waals surface area contributed by atoms with E-state index in [9.17, 15) is 0 Å². The summed E-state index contributed by atoms with van der Waals surface area (Å²) in [5.74, 6) is 0. The molecule has 0 spiro atoms. The minimum absolute atomic E-state index is 0.177. The summed E-state index contributed by atoms with van der Waals surface area (Å²) in [4.78, 5) is 6.94. The maximum absolute atomic E-state index is 8.67. The third-order valence-electron chi connectivity index (χ3n) is 4.76. The molecule has 1 aliphatic rings. The molecule has 5 heteroatoms. The first-order chi connectivity index (χ1) is 12.8. The van der Waals surface area contributed by atoms with Crippen molar-refractivity contribution in [1.29, 1.82) is 5.26 Å². The molecule has 2 aromatic rings. The molecule has 2 heterocycles. The van der Waals surface area contributed by atoms with Crippen molar-refractivity contribution in [1.82, 2.24) is 9.88 Å². The second-order valence-corrected chi connectivity index (χ2v) is 7.06. The number of pyridine rings is 1. The SMILES string of the molecule is N#CCCCN1CCC(O[C@@H](c2ccc(Cl)cc2)c2ccccn2)CC1. The highest BCUT2D eigenvalue weighted by atomic mass is 35.5. The van der Waals surface area contributed by atoms with Crippen LogP contribution in [0.4, 0.5) is 0 Å². The van der Waals surface area contributed by atoms with Gasteiger partial charge in [-0.25, -0.2) is 0 Å². The van der Waals surface area contributed by atoms with Gasteiger partial charge in [-0.15, -0.1) is 0 Å². The molecule has 136 valence electrons. The summed E-state index contributed by atoms with van der Waals surface area (Å²) in [6, 6.07) is 16.0. The van der Waals surface area contributed by atoms with Crippen molar-refractivity contribution < 1.29 is 4.74 Å². The van der Waals surface area contributed by atoms with Gasteiger partial charge in [0, 0.05) is 30.7 Å². The molecule has 0 amide bonds. The van der Waals surface area contributed by atoms with Crippen LogP contribution in [0.1, 0.15) is 43.0 Å². The number of nitriles is 1. The number of piperidine rings is 1. The van der Waals surface area contributed by atoms with Crippen molar-refractivity contribution in [3.8, 4) is 6.07 Å². The van der Waals surface area contributed by atoms with Crippen LogP contribution in [-0.4, -0.2) is 35.6 Å². The van der Waals surface area contributed by atoms with Crippen LogP contribution in [0.5, 0.6) is 0 Å². The van der Waals surface area contributed by atoms with Gasteiger partial charge in [0.15, 0.2) is 0 Å². The molecule has 0 unspecified atom stereocenters. The zero-order valence-electron chi connectivity index (χ0n) is 14.9. The summed E-state index contributed by atoms with van der Waals surface area (Å²) in [6.07, 6.45) is 5.43. The Balaban J connectivity index is 1.64. The van der Waals surface area contributed by atoms with E-state index in [1.165, 1.54) is 0 Å². The van der Waals surface area contributed by atoms with E-state index in [1.807, 2.05) is 42.5 Å². The van der Waals surface area contributed by atoms with E-state index >= 15 is 0 Å². The van der Waals surface area contributed by atoms with Gasteiger partial charge in [-0.2, -0.15) is 5.26 Å². The van der Waals surface area contributed by atoms with Crippen molar-refractivity contribution in [3.05, 3.63) is 64.9 Å². The molecule has 1 fully saturated rings. The lowest BCUT2D eigenvalue weighted by atomic mass is 10.0. The summed E-state index contributed by atoms with van der Waals surface area (Å²) in [5, 5.41) is 9.39. The molecule has 1 atom stereocenters. The topological polar surface area (TPSA) is 49.2 Å². The van der Waals surface area contributed by atoms with Crippen molar-refractivity contribution in [2.24, 2.45) is 0 Å². The molecule has 1 aromatic heterocycles. The van der Waals surface area contributed by atoms with Gasteiger partial charge in [-0.05, 0) is 55.6 Å². The first kappa shape index (κ1) is 18.8. The highest BCUT2D eigenvalue weighted by Crippen LogP contribution is 2.29. The van der Waals surface area contributed by atoms with Crippen molar-refractivity contribution in [2.45, 2.75) is 37.9 Å². The maximum Gasteiger partial charge on any atom is 0.125 e. The van der Waals surface area contributed by atoms with E-state index in [0.29, 0.717) is 6.42 Å². The average molecular weight is 370 g/mol. The highest BCUT2D eigenvalue weighted by Gasteiger charge is 2.25. The molecular weight excluding hydrogens is 346 g/mol. The summed E-state index contributed by atoms with van der Waals surface area (Å²) in [6.45, 7) is 3.04. The fourth-order valence-electron chi connectivity index (χ4n) is 3.33. The quantitative estimate of drug-likeness (QED) is 0.669. The van der Waals surface area contributed by atoms with Gasteiger partial charge in [0.2, 0.25) is 0 Å². The number of ether oxygens (including phenoxy) is 1. The standard InChI is InChI=1S/C21H24ClN3O/c22-18-8-6-17(7-9-18)21(20-5-1-3-13-24-20)26-19-10-15-25(16-11-19)14-4-2-12-23/h1,3,5-9,13,19,21H,2,4,10-11,14-16H2/t21-/m0/s1. The Hall–Kier alpha value is -1.93. The normalized spacial score (nSPS) is 16.9. The number of halogens is 1. The fraction of sp³-hybridized carbons (Fsp3) is 0.429. The molecular formula is C21H24ClN3O. The average Bonchev–Trinajstić information content (AvgIpc) is 2.69. The largest absolute Gasteiger partial charge is 0.364 e. The predicted octanol–water partition coefficient (Wildman–Crippen LogP) is 4.61. The molecule has 0 N–H and O–H groups in total. The fourth-order valence-corrected chi connectivity index (χ4v) is 3.46. The Morgan fingerprint density at radius 3 is 2.62 bits per heavy atom. The van der Waals surface area contributed by atoms with Gasteiger partial charge in [-0.3, -0.25) is 4.98 Å². The van der Waals surface area contributed by atoms with Gasteiger partial charge < -0.3 is 9.64 Å². The van der Waals surface area contributed by atoms with Crippen LogP contribution in [0.3, 0.4) is 0 Å². The molecule has 3 rings (SSSR count). The van der Waals surface area contributed by atoms with E-state index in [1.54, 1.807) is 6.20 Å². The number of rotatable bonds is 7. The van der Waals surface area contributed by atoms with Crippen LogP contribution in [0.15, 0.2) is 48.7 Å². The molecule has 1 saturated heterocycles. The van der Waals surface area contributed by atoms with Crippen LogP contribution in [0, 0.1) is 11.3 Å². The van der Waals surface area contributed by atoms with Crippen LogP contribution in [0.25, 0.3) is 0 Å². The highest BCUT2D eigenvalue weighted by molar-refractivity contribution is 6.30. The molecule has 0 aliphatic carbocycles. The predicted molar refractivity (Wildman–Crippen MR) is 103 cm³/mol. The number of unbranched alkanes of at least 4 members (excludes halogenated alkanes) is 1. The van der Waals surface area contributed by atoms with Gasteiger partial charge >= 0.3 is 0 Å². The minimum Gasteiger partial charge on any atom is -0.364 e. The Morgan fingerprint density at radius 2 is 1.96 bits per heavy atom. The van der Waals surface area contributed by atoms with Gasteiger partial charge in [0.25, 0.3) is 0 Å². The van der Waals surface area contributed by atoms with E-state index in [0.717, 1.165) is 55.2 Å². The third kappa shape index (κ3) is 5.28. The van der Waals surface area contributed by atoms with Crippen molar-refractivity contribution >= 4 is 11.6 Å². The van der Waals surface area contributed by atoms with Crippen molar-refractivity contribution in [3.63, 3.8) is 0 Å². The Kier molecular flexibility index (Phi) is 7.02. The lowest BCUT2D eigenvalue weighted by Gasteiger charge is -2.34. The lowest BCUT2D eigenvalue weighted by Crippen LogP contribution is -2.38. The van der Waals surface area contributed by atoms with Crippen molar-refractivity contribution in [2.75, 3.05) is 19.6 Å². The smallest absolute Gasteiger partial charge is 0.125 e. The number of nitrogens with zero attached hydrogens (tertiary/aromatic N) is 3. The molecule has 26 heavy (non-hydrogen) atoms. The van der Waals surface area contributed by atoms with E-state index in [4.69, 9.17) is 21.6 Å². The summed E-state index contributed by atoms with van der Waals surface area (Å²) in [5.41, 5.74) is 2.00. The molecule has 0 bridgehead atoms. The van der Waals surface area contributed by atoms with E-state index < -0.39 is 0 Å². The molecule has 0 radical (unpaired) electrons. The molecule has 4 nitrogen and oxygen atoms in total. The monoisotopic (exact) mass is 369 g/mol. The Labute approximate surface area is 160 Å². The van der Waals surface area contributed by atoms with Crippen LogP contribution >= 0.6 is 11.6 Å². The Morgan fingerprint density at radius 1 is 1.19 bits per heavy atom. The van der Waals surface area contributed by atoms with Crippen LogP contribution in [0.2, 0.25) is 5.02 Å².